The Labute approximate surface area is 127 Å². The number of halogens is 1. The Morgan fingerprint density at radius 2 is 2.05 bits per heavy atom. The molecule has 0 heterocycles. The van der Waals surface area contributed by atoms with E-state index >= 15 is 0 Å². The Bertz CT molecular complexity index is 548. The molecule has 4 nitrogen and oxygen atoms in total. The van der Waals surface area contributed by atoms with Gasteiger partial charge in [0.15, 0.2) is 0 Å². The summed E-state index contributed by atoms with van der Waals surface area (Å²) in [5, 5.41) is 0. The molecule has 0 spiro atoms. The van der Waals surface area contributed by atoms with Crippen molar-refractivity contribution in [2.75, 3.05) is 5.75 Å². The third kappa shape index (κ3) is 4.90. The second-order valence-electron chi connectivity index (χ2n) is 4.74. The predicted molar refractivity (Wildman–Crippen MR) is 79.9 cm³/mol. The zero-order chi connectivity index (χ0) is 15.1. The van der Waals surface area contributed by atoms with Crippen LogP contribution in [0.3, 0.4) is 0 Å². The Hall–Kier alpha value is -1.82. The van der Waals surface area contributed by atoms with Crippen LogP contribution in [0.2, 0.25) is 0 Å². The van der Waals surface area contributed by atoms with Gasteiger partial charge in [-0.3, -0.25) is 20.4 Å². The molecule has 1 aromatic carbocycles. The van der Waals surface area contributed by atoms with Crippen LogP contribution in [0.25, 0.3) is 0 Å². The molecular formula is C15H17FN2O2S. The summed E-state index contributed by atoms with van der Waals surface area (Å²) in [6, 6.07) is 6.26. The number of hydrogen-bond acceptors (Lipinski definition) is 3. The first-order valence-electron chi connectivity index (χ1n) is 6.78. The number of carbonyl (C=O) groups excluding carboxylic acids is 2. The average molecular weight is 308 g/mol. The lowest BCUT2D eigenvalue weighted by Crippen LogP contribution is -2.45. The van der Waals surface area contributed by atoms with Gasteiger partial charge in [0.05, 0.1) is 5.75 Å². The van der Waals surface area contributed by atoms with Crippen molar-refractivity contribution in [3.05, 3.63) is 42.2 Å². The van der Waals surface area contributed by atoms with Crippen molar-refractivity contribution in [3.8, 4) is 0 Å². The number of nitrogens with one attached hydrogen (secondary N) is 2. The number of thioether (sulfide) groups is 1. The minimum absolute atomic E-state index is 0.0474. The first kappa shape index (κ1) is 15.6. The summed E-state index contributed by atoms with van der Waals surface area (Å²) < 4.78 is 13.4. The van der Waals surface area contributed by atoms with E-state index in [9.17, 15) is 14.0 Å². The van der Waals surface area contributed by atoms with Gasteiger partial charge in [0.1, 0.15) is 5.82 Å². The number of hydrazine groups is 1. The monoisotopic (exact) mass is 308 g/mol. The zero-order valence-electron chi connectivity index (χ0n) is 11.5. The highest BCUT2D eigenvalue weighted by atomic mass is 32.2. The van der Waals surface area contributed by atoms with Crippen molar-refractivity contribution in [3.63, 3.8) is 0 Å². The minimum atomic E-state index is -0.358. The molecule has 1 aromatic rings. The van der Waals surface area contributed by atoms with Crippen LogP contribution in [0.15, 0.2) is 41.3 Å². The van der Waals surface area contributed by atoms with Crippen LogP contribution in [0.4, 0.5) is 4.39 Å². The van der Waals surface area contributed by atoms with Crippen molar-refractivity contribution in [1.29, 1.82) is 0 Å². The maximum absolute atomic E-state index is 13.4. The number of carbonyl (C=O) groups is 2. The van der Waals surface area contributed by atoms with Crippen LogP contribution in [0.1, 0.15) is 19.3 Å². The SMILES string of the molecule is O=C(CSc1ccccc1F)NNC(=O)[C@H]1CC=CCC1. The Kier molecular flexibility index (Phi) is 5.80. The largest absolute Gasteiger partial charge is 0.273 e. The predicted octanol–water partition coefficient (Wildman–Crippen LogP) is 2.42. The van der Waals surface area contributed by atoms with Gasteiger partial charge in [0.25, 0.3) is 0 Å². The van der Waals surface area contributed by atoms with E-state index in [0.717, 1.165) is 24.6 Å². The van der Waals surface area contributed by atoms with E-state index in [2.05, 4.69) is 10.9 Å². The van der Waals surface area contributed by atoms with Gasteiger partial charge in [-0.2, -0.15) is 0 Å². The highest BCUT2D eigenvalue weighted by molar-refractivity contribution is 8.00. The number of benzene rings is 1. The molecule has 1 atom stereocenters. The lowest BCUT2D eigenvalue weighted by Gasteiger charge is -2.17. The van der Waals surface area contributed by atoms with Crippen molar-refractivity contribution in [2.24, 2.45) is 5.92 Å². The number of rotatable bonds is 4. The van der Waals surface area contributed by atoms with Crippen molar-refractivity contribution < 1.29 is 14.0 Å². The Morgan fingerprint density at radius 1 is 1.24 bits per heavy atom. The Balaban J connectivity index is 1.71. The molecule has 21 heavy (non-hydrogen) atoms. The number of amides is 2. The van der Waals surface area contributed by atoms with Crippen LogP contribution < -0.4 is 10.9 Å². The fourth-order valence-corrected chi connectivity index (χ4v) is 2.75. The van der Waals surface area contributed by atoms with E-state index < -0.39 is 0 Å². The number of allylic oxidation sites excluding steroid dienone is 2. The van der Waals surface area contributed by atoms with E-state index in [0.29, 0.717) is 11.3 Å². The van der Waals surface area contributed by atoms with Gasteiger partial charge >= 0.3 is 0 Å². The Morgan fingerprint density at radius 3 is 2.76 bits per heavy atom. The summed E-state index contributed by atoms with van der Waals surface area (Å²) in [4.78, 5) is 23.8. The maximum atomic E-state index is 13.4. The fourth-order valence-electron chi connectivity index (χ4n) is 2.01. The van der Waals surface area contributed by atoms with E-state index in [4.69, 9.17) is 0 Å². The van der Waals surface area contributed by atoms with Gasteiger partial charge in [-0.05, 0) is 31.4 Å². The molecule has 0 aliphatic heterocycles. The zero-order valence-corrected chi connectivity index (χ0v) is 12.3. The molecule has 2 amide bonds. The standard InChI is InChI=1S/C15H17FN2O2S/c16-12-8-4-5-9-13(12)21-10-14(19)17-18-15(20)11-6-2-1-3-7-11/h1-2,4-5,8-9,11H,3,6-7,10H2,(H,17,19)(H,18,20)/t11-/m0/s1. The molecule has 0 bridgehead atoms. The first-order chi connectivity index (χ1) is 10.2. The summed E-state index contributed by atoms with van der Waals surface area (Å²) in [6.07, 6.45) is 6.40. The van der Waals surface area contributed by atoms with E-state index in [-0.39, 0.29) is 29.3 Å². The van der Waals surface area contributed by atoms with Crippen molar-refractivity contribution in [1.82, 2.24) is 10.9 Å². The quantitative estimate of drug-likeness (QED) is 0.510. The highest BCUT2D eigenvalue weighted by Crippen LogP contribution is 2.20. The van der Waals surface area contributed by atoms with Crippen LogP contribution in [0.5, 0.6) is 0 Å². The third-order valence-corrected chi connectivity index (χ3v) is 4.21. The molecule has 112 valence electrons. The molecule has 0 radical (unpaired) electrons. The third-order valence-electron chi connectivity index (χ3n) is 3.16. The van der Waals surface area contributed by atoms with E-state index in [1.165, 1.54) is 6.07 Å². The molecule has 2 N–H and O–H groups in total. The van der Waals surface area contributed by atoms with Crippen molar-refractivity contribution in [2.45, 2.75) is 24.2 Å². The smallest absolute Gasteiger partial charge is 0.248 e. The summed E-state index contributed by atoms with van der Waals surface area (Å²) in [7, 11) is 0. The molecule has 0 unspecified atom stereocenters. The van der Waals surface area contributed by atoms with Gasteiger partial charge in [-0.25, -0.2) is 4.39 Å². The van der Waals surface area contributed by atoms with Gasteiger partial charge in [-0.15, -0.1) is 11.8 Å². The molecule has 0 fully saturated rings. The summed E-state index contributed by atoms with van der Waals surface area (Å²) in [5.74, 6) is -0.930. The lowest BCUT2D eigenvalue weighted by atomic mass is 9.94. The molecule has 0 aromatic heterocycles. The fraction of sp³-hybridized carbons (Fsp3) is 0.333. The number of hydrogen-bond donors (Lipinski definition) is 2. The van der Waals surface area contributed by atoms with Gasteiger partial charge in [-0.1, -0.05) is 24.3 Å². The normalized spacial score (nSPS) is 17.3. The maximum Gasteiger partial charge on any atom is 0.248 e. The minimum Gasteiger partial charge on any atom is -0.273 e. The average Bonchev–Trinajstić information content (AvgIpc) is 2.52. The molecular weight excluding hydrogens is 291 g/mol. The molecule has 6 heteroatoms. The summed E-state index contributed by atoms with van der Waals surface area (Å²) in [5.41, 5.74) is 4.79. The van der Waals surface area contributed by atoms with E-state index in [1.54, 1.807) is 18.2 Å². The van der Waals surface area contributed by atoms with Crippen molar-refractivity contribution >= 4 is 23.6 Å². The second-order valence-corrected chi connectivity index (χ2v) is 5.76. The molecule has 1 aliphatic carbocycles. The summed E-state index contributed by atoms with van der Waals surface area (Å²) in [6.45, 7) is 0. The van der Waals surface area contributed by atoms with Gasteiger partial charge < -0.3 is 0 Å². The van der Waals surface area contributed by atoms with Crippen LogP contribution in [0, 0.1) is 11.7 Å². The molecule has 1 aliphatic rings. The van der Waals surface area contributed by atoms with Crippen LogP contribution in [-0.2, 0) is 9.59 Å². The van der Waals surface area contributed by atoms with Gasteiger partial charge in [0.2, 0.25) is 11.8 Å². The second kappa shape index (κ2) is 7.83. The van der Waals surface area contributed by atoms with Gasteiger partial charge in [0, 0.05) is 10.8 Å². The molecule has 0 saturated heterocycles. The lowest BCUT2D eigenvalue weighted by molar-refractivity contribution is -0.130. The molecule has 2 rings (SSSR count). The summed E-state index contributed by atoms with van der Waals surface area (Å²) >= 11 is 1.09. The topological polar surface area (TPSA) is 58.2 Å². The van der Waals surface area contributed by atoms with Crippen LogP contribution >= 0.6 is 11.8 Å². The molecule has 0 saturated carbocycles. The van der Waals surface area contributed by atoms with E-state index in [1.807, 2.05) is 12.2 Å². The van der Waals surface area contributed by atoms with Crippen LogP contribution in [-0.4, -0.2) is 17.6 Å². The first-order valence-corrected chi connectivity index (χ1v) is 7.76. The highest BCUT2D eigenvalue weighted by Gasteiger charge is 2.18.